The van der Waals surface area contributed by atoms with Crippen molar-refractivity contribution < 1.29 is 14.5 Å². The maximum Gasteiger partial charge on any atom is 0.269 e. The first-order chi connectivity index (χ1) is 10.4. The van der Waals surface area contributed by atoms with E-state index in [1.54, 1.807) is 12.1 Å². The second kappa shape index (κ2) is 7.89. The molecular weight excluding hydrogens is 324 g/mol. The molecule has 0 bridgehead atoms. The number of amides is 2. The lowest BCUT2D eigenvalue weighted by Gasteiger charge is -2.25. The Morgan fingerprint density at radius 2 is 2.00 bits per heavy atom. The Labute approximate surface area is 139 Å². The van der Waals surface area contributed by atoms with Gasteiger partial charge in [0, 0.05) is 24.4 Å². The number of rotatable bonds is 4. The summed E-state index contributed by atoms with van der Waals surface area (Å²) in [4.78, 5) is 35.7. The van der Waals surface area contributed by atoms with Gasteiger partial charge < -0.3 is 10.6 Å². The maximum atomic E-state index is 12.2. The van der Waals surface area contributed by atoms with E-state index in [1.807, 2.05) is 4.90 Å². The number of halogens is 1. The highest BCUT2D eigenvalue weighted by Crippen LogP contribution is 2.27. The Bertz CT molecular complexity index is 591. The predicted molar refractivity (Wildman–Crippen MR) is 87.5 cm³/mol. The molecule has 2 unspecified atom stereocenters. The van der Waals surface area contributed by atoms with E-state index in [4.69, 9.17) is 5.73 Å². The highest BCUT2D eigenvalue weighted by atomic mass is 35.5. The third-order valence-electron chi connectivity index (χ3n) is 3.61. The molecule has 1 aliphatic rings. The van der Waals surface area contributed by atoms with Crippen molar-refractivity contribution in [2.24, 2.45) is 5.73 Å². The van der Waals surface area contributed by atoms with Gasteiger partial charge in [0.1, 0.15) is 6.04 Å². The van der Waals surface area contributed by atoms with E-state index in [-0.39, 0.29) is 18.1 Å². The Morgan fingerprint density at radius 3 is 2.52 bits per heavy atom. The standard InChI is InChI=1S/C14H18N4O4.ClH/c1-9(15)13(19)16-14(20)12-3-2-8-17(12)10-4-6-11(7-5-10)18(21)22;/h4-7,9,12H,2-3,8,15H2,1H3,(H,16,19,20);1H. The Morgan fingerprint density at radius 1 is 1.39 bits per heavy atom. The van der Waals surface area contributed by atoms with Crippen molar-refractivity contribution >= 4 is 35.6 Å². The van der Waals surface area contributed by atoms with Gasteiger partial charge in [0.05, 0.1) is 11.0 Å². The molecule has 0 radical (unpaired) electrons. The summed E-state index contributed by atoms with van der Waals surface area (Å²) in [6.07, 6.45) is 1.43. The maximum absolute atomic E-state index is 12.2. The molecule has 8 nitrogen and oxygen atoms in total. The highest BCUT2D eigenvalue weighted by Gasteiger charge is 2.32. The Kier molecular flexibility index (Phi) is 6.47. The van der Waals surface area contributed by atoms with Crippen molar-refractivity contribution in [3.63, 3.8) is 0 Å². The summed E-state index contributed by atoms with van der Waals surface area (Å²) in [5.74, 6) is -0.904. The van der Waals surface area contributed by atoms with E-state index >= 15 is 0 Å². The number of hydrogen-bond acceptors (Lipinski definition) is 6. The van der Waals surface area contributed by atoms with Crippen LogP contribution in [0.1, 0.15) is 19.8 Å². The third kappa shape index (κ3) is 4.40. The SMILES string of the molecule is CC(N)C(=O)NC(=O)C1CCCN1c1ccc([N+](=O)[O-])cc1.Cl. The Hall–Kier alpha value is -2.19. The molecule has 2 atom stereocenters. The Balaban J connectivity index is 0.00000264. The minimum absolute atomic E-state index is 0. The summed E-state index contributed by atoms with van der Waals surface area (Å²) in [5, 5.41) is 13.0. The topological polar surface area (TPSA) is 119 Å². The molecule has 2 rings (SSSR count). The van der Waals surface area contributed by atoms with Crippen LogP contribution in [0.3, 0.4) is 0 Å². The van der Waals surface area contributed by atoms with Crippen LogP contribution in [-0.2, 0) is 9.59 Å². The van der Waals surface area contributed by atoms with E-state index < -0.39 is 28.8 Å². The monoisotopic (exact) mass is 342 g/mol. The minimum atomic E-state index is -0.752. The second-order valence-electron chi connectivity index (χ2n) is 5.27. The first-order valence-corrected chi connectivity index (χ1v) is 7.01. The molecular formula is C14H19ClN4O4. The molecule has 0 saturated carbocycles. The van der Waals surface area contributed by atoms with Gasteiger partial charge in [-0.25, -0.2) is 0 Å². The van der Waals surface area contributed by atoms with Gasteiger partial charge in [-0.1, -0.05) is 0 Å². The molecule has 1 heterocycles. The average molecular weight is 343 g/mol. The number of hydrogen-bond donors (Lipinski definition) is 2. The van der Waals surface area contributed by atoms with Crippen LogP contribution in [0.25, 0.3) is 0 Å². The van der Waals surface area contributed by atoms with Crippen LogP contribution in [0.15, 0.2) is 24.3 Å². The summed E-state index contributed by atoms with van der Waals surface area (Å²) in [5.41, 5.74) is 6.15. The molecule has 2 amide bonds. The number of carbonyl (C=O) groups excluding carboxylic acids is 2. The van der Waals surface area contributed by atoms with Crippen LogP contribution in [0, 0.1) is 10.1 Å². The molecule has 1 aromatic rings. The van der Waals surface area contributed by atoms with Crippen LogP contribution in [0.2, 0.25) is 0 Å². The summed E-state index contributed by atoms with van der Waals surface area (Å²) >= 11 is 0. The normalized spacial score (nSPS) is 18.0. The molecule has 126 valence electrons. The van der Waals surface area contributed by atoms with Gasteiger partial charge in [0.15, 0.2) is 0 Å². The number of nitrogens with two attached hydrogens (primary N) is 1. The lowest BCUT2D eigenvalue weighted by atomic mass is 10.2. The van der Waals surface area contributed by atoms with E-state index in [9.17, 15) is 19.7 Å². The van der Waals surface area contributed by atoms with Gasteiger partial charge >= 0.3 is 0 Å². The second-order valence-corrected chi connectivity index (χ2v) is 5.27. The third-order valence-corrected chi connectivity index (χ3v) is 3.61. The van der Waals surface area contributed by atoms with E-state index in [1.165, 1.54) is 19.1 Å². The van der Waals surface area contributed by atoms with Gasteiger partial charge in [-0.2, -0.15) is 0 Å². The molecule has 1 aromatic carbocycles. The number of anilines is 1. The van der Waals surface area contributed by atoms with Crippen LogP contribution < -0.4 is 16.0 Å². The van der Waals surface area contributed by atoms with E-state index in [0.717, 1.165) is 12.1 Å². The van der Waals surface area contributed by atoms with Gasteiger partial charge in [0.25, 0.3) is 5.69 Å². The van der Waals surface area contributed by atoms with Gasteiger partial charge in [0.2, 0.25) is 11.8 Å². The predicted octanol–water partition coefficient (Wildman–Crippen LogP) is 0.975. The van der Waals surface area contributed by atoms with Crippen molar-refractivity contribution in [1.29, 1.82) is 0 Å². The van der Waals surface area contributed by atoms with Crippen molar-refractivity contribution in [2.75, 3.05) is 11.4 Å². The fourth-order valence-corrected chi connectivity index (χ4v) is 2.43. The van der Waals surface area contributed by atoms with Crippen LogP contribution in [0.4, 0.5) is 11.4 Å². The quantitative estimate of drug-likeness (QED) is 0.621. The summed E-state index contributed by atoms with van der Waals surface area (Å²) in [7, 11) is 0. The molecule has 1 aliphatic heterocycles. The van der Waals surface area contributed by atoms with Crippen molar-refractivity contribution in [2.45, 2.75) is 31.8 Å². The zero-order valence-corrected chi connectivity index (χ0v) is 13.4. The smallest absolute Gasteiger partial charge is 0.269 e. The summed E-state index contributed by atoms with van der Waals surface area (Å²) in [6.45, 7) is 2.16. The van der Waals surface area contributed by atoms with Crippen molar-refractivity contribution in [1.82, 2.24) is 5.32 Å². The van der Waals surface area contributed by atoms with Crippen molar-refractivity contribution in [3.8, 4) is 0 Å². The lowest BCUT2D eigenvalue weighted by molar-refractivity contribution is -0.384. The van der Waals surface area contributed by atoms with Gasteiger partial charge in [-0.3, -0.25) is 25.0 Å². The first kappa shape index (κ1) is 18.9. The lowest BCUT2D eigenvalue weighted by Crippen LogP contribution is -2.49. The number of benzene rings is 1. The zero-order valence-electron chi connectivity index (χ0n) is 12.6. The largest absolute Gasteiger partial charge is 0.360 e. The van der Waals surface area contributed by atoms with Gasteiger partial charge in [-0.15, -0.1) is 12.4 Å². The summed E-state index contributed by atoms with van der Waals surface area (Å²) in [6, 6.07) is 4.79. The number of nitrogens with zero attached hydrogens (tertiary/aromatic N) is 2. The number of carbonyl (C=O) groups is 2. The molecule has 1 fully saturated rings. The van der Waals surface area contributed by atoms with E-state index in [0.29, 0.717) is 13.0 Å². The minimum Gasteiger partial charge on any atom is -0.360 e. The number of nitro groups is 1. The molecule has 0 aliphatic carbocycles. The molecule has 9 heteroatoms. The molecule has 1 saturated heterocycles. The highest BCUT2D eigenvalue weighted by molar-refractivity contribution is 6.01. The molecule has 23 heavy (non-hydrogen) atoms. The number of non-ortho nitro benzene ring substituents is 1. The number of nitro benzene ring substituents is 1. The first-order valence-electron chi connectivity index (χ1n) is 7.01. The summed E-state index contributed by atoms with van der Waals surface area (Å²) < 4.78 is 0. The van der Waals surface area contributed by atoms with Crippen LogP contribution in [-0.4, -0.2) is 35.4 Å². The van der Waals surface area contributed by atoms with Gasteiger partial charge in [-0.05, 0) is 31.9 Å². The zero-order chi connectivity index (χ0) is 16.3. The van der Waals surface area contributed by atoms with Crippen LogP contribution in [0.5, 0.6) is 0 Å². The molecule has 3 N–H and O–H groups in total. The number of imide groups is 1. The molecule has 0 spiro atoms. The van der Waals surface area contributed by atoms with E-state index in [2.05, 4.69) is 5.32 Å². The average Bonchev–Trinajstić information content (AvgIpc) is 2.96. The molecule has 0 aromatic heterocycles. The number of nitrogens with one attached hydrogen (secondary N) is 1. The van der Waals surface area contributed by atoms with Crippen molar-refractivity contribution in [3.05, 3.63) is 34.4 Å². The van der Waals surface area contributed by atoms with Crippen LogP contribution >= 0.6 is 12.4 Å². The fourth-order valence-electron chi connectivity index (χ4n) is 2.43. The fraction of sp³-hybridized carbons (Fsp3) is 0.429.